The third-order valence-electron chi connectivity index (χ3n) is 4.50. The highest BCUT2D eigenvalue weighted by Crippen LogP contribution is 2.26. The lowest BCUT2D eigenvalue weighted by molar-refractivity contribution is 0.0979. The van der Waals surface area contributed by atoms with Gasteiger partial charge in [0.2, 0.25) is 0 Å². The summed E-state index contributed by atoms with van der Waals surface area (Å²) in [7, 11) is 0. The van der Waals surface area contributed by atoms with Gasteiger partial charge in [-0.15, -0.1) is 0 Å². The molecule has 0 aliphatic heterocycles. The van der Waals surface area contributed by atoms with E-state index in [-0.39, 0.29) is 11.6 Å². The summed E-state index contributed by atoms with van der Waals surface area (Å²) >= 11 is 0. The number of H-pyrrole nitrogens is 1. The van der Waals surface area contributed by atoms with Crippen molar-refractivity contribution in [3.05, 3.63) is 107 Å². The minimum Gasteiger partial charge on any atom is -0.359 e. The van der Waals surface area contributed by atoms with Crippen LogP contribution in [0.1, 0.15) is 37.5 Å². The highest BCUT2D eigenvalue weighted by molar-refractivity contribution is 6.28. The molecule has 1 N–H and O–H groups in total. The topological polar surface area (TPSA) is 49.9 Å². The van der Waals surface area contributed by atoms with E-state index in [9.17, 15) is 9.59 Å². The average molecular weight is 339 g/mol. The number of nitrogens with one attached hydrogen (secondary N) is 1. The van der Waals surface area contributed by atoms with Gasteiger partial charge >= 0.3 is 0 Å². The first-order chi connectivity index (χ1) is 12.6. The molecule has 1 aliphatic rings. The first-order valence-electron chi connectivity index (χ1n) is 8.47. The Bertz CT molecular complexity index is 999. The maximum Gasteiger partial charge on any atom is 0.194 e. The van der Waals surface area contributed by atoms with Crippen molar-refractivity contribution in [3.63, 3.8) is 0 Å². The lowest BCUT2D eigenvalue weighted by Crippen LogP contribution is -2.20. The maximum atomic E-state index is 12.1. The molecule has 0 atom stereocenters. The molecular weight excluding hydrogens is 322 g/mol. The molecule has 1 aromatic heterocycles. The van der Waals surface area contributed by atoms with Crippen molar-refractivity contribution in [2.24, 2.45) is 0 Å². The number of ketones is 2. The number of para-hydroxylation sites is 1. The predicted molar refractivity (Wildman–Crippen MR) is 103 cm³/mol. The van der Waals surface area contributed by atoms with Crippen LogP contribution in [0.4, 0.5) is 0 Å². The number of hydrogen-bond donors (Lipinski definition) is 1. The van der Waals surface area contributed by atoms with E-state index in [0.717, 1.165) is 0 Å². The molecule has 3 aromatic carbocycles. The maximum absolute atomic E-state index is 12.1. The van der Waals surface area contributed by atoms with Crippen LogP contribution in [0.2, 0.25) is 0 Å². The number of aromatic nitrogens is 1. The largest absolute Gasteiger partial charge is 0.359 e. The van der Waals surface area contributed by atoms with Gasteiger partial charge in [0.15, 0.2) is 11.6 Å². The predicted octanol–water partition coefficient (Wildman–Crippen LogP) is 4.94. The highest BCUT2D eigenvalue weighted by Gasteiger charge is 2.28. The second kappa shape index (κ2) is 6.45. The van der Waals surface area contributed by atoms with Crippen molar-refractivity contribution in [2.75, 3.05) is 0 Å². The zero-order chi connectivity index (χ0) is 18.1. The van der Waals surface area contributed by atoms with Crippen molar-refractivity contribution >= 4 is 22.5 Å². The number of rotatable bonds is 0. The number of carbonyl (C=O) groups excluding carboxylic acids is 2. The Hall–Kier alpha value is -3.46. The van der Waals surface area contributed by atoms with Gasteiger partial charge in [-0.3, -0.25) is 9.59 Å². The lowest BCUT2D eigenvalue weighted by atomic mass is 9.84. The molecule has 0 amide bonds. The summed E-state index contributed by atoms with van der Waals surface area (Å²) in [5.74, 6) is -0.128. The van der Waals surface area contributed by atoms with Crippen LogP contribution in [0.3, 0.4) is 0 Å². The summed E-state index contributed by atoms with van der Waals surface area (Å²) in [4.78, 5) is 27.5. The third-order valence-corrected chi connectivity index (χ3v) is 4.50. The zero-order valence-electron chi connectivity index (χ0n) is 14.3. The smallest absolute Gasteiger partial charge is 0.194 e. The number of aromatic amines is 1. The summed E-state index contributed by atoms with van der Waals surface area (Å²) in [5, 5.41) is 1.29. The van der Waals surface area contributed by atoms with Gasteiger partial charge in [0.1, 0.15) is 0 Å². The molecule has 0 saturated heterocycles. The van der Waals surface area contributed by atoms with Crippen molar-refractivity contribution in [1.82, 2.24) is 4.98 Å². The van der Waals surface area contributed by atoms with Crippen molar-refractivity contribution in [3.8, 4) is 0 Å². The van der Waals surface area contributed by atoms with E-state index in [1.165, 1.54) is 16.6 Å². The fraction of sp³-hybridized carbons (Fsp3) is 0.0435. The number of benzene rings is 3. The van der Waals surface area contributed by atoms with Crippen LogP contribution < -0.4 is 0 Å². The summed E-state index contributed by atoms with van der Waals surface area (Å²) in [6.07, 6.45) is 0. The SMILES string of the molecule is Cc1cc2ccccc2[nH]1.O=C1c2ccccc2C(=O)c2ccccc21. The van der Waals surface area contributed by atoms with Crippen LogP contribution in [0, 0.1) is 6.92 Å². The van der Waals surface area contributed by atoms with E-state index >= 15 is 0 Å². The van der Waals surface area contributed by atoms with Gasteiger partial charge in [0.05, 0.1) is 0 Å². The molecule has 126 valence electrons. The summed E-state index contributed by atoms with van der Waals surface area (Å²) < 4.78 is 0. The summed E-state index contributed by atoms with van der Waals surface area (Å²) in [6.45, 7) is 2.07. The molecular formula is C23H17NO2. The van der Waals surface area contributed by atoms with Gasteiger partial charge in [-0.2, -0.15) is 0 Å². The van der Waals surface area contributed by atoms with Crippen LogP contribution in [-0.2, 0) is 0 Å². The minimum atomic E-state index is -0.0641. The molecule has 0 fully saturated rings. The quantitative estimate of drug-likeness (QED) is 0.434. The van der Waals surface area contributed by atoms with Crippen LogP contribution in [0.15, 0.2) is 78.9 Å². The third kappa shape index (κ3) is 2.74. The van der Waals surface area contributed by atoms with E-state index in [1.54, 1.807) is 48.5 Å². The van der Waals surface area contributed by atoms with Crippen LogP contribution in [0.5, 0.6) is 0 Å². The number of hydrogen-bond acceptors (Lipinski definition) is 2. The fourth-order valence-electron chi connectivity index (χ4n) is 3.27. The second-order valence-corrected chi connectivity index (χ2v) is 6.29. The number of fused-ring (bicyclic) bond motifs is 3. The second-order valence-electron chi connectivity index (χ2n) is 6.29. The molecule has 0 radical (unpaired) electrons. The number of carbonyl (C=O) groups is 2. The van der Waals surface area contributed by atoms with E-state index in [1.807, 2.05) is 6.07 Å². The first-order valence-corrected chi connectivity index (χ1v) is 8.47. The van der Waals surface area contributed by atoms with E-state index in [2.05, 4.69) is 36.2 Å². The Kier molecular flexibility index (Phi) is 3.98. The van der Waals surface area contributed by atoms with E-state index < -0.39 is 0 Å². The Morgan fingerprint density at radius 1 is 0.615 bits per heavy atom. The van der Waals surface area contributed by atoms with Crippen molar-refractivity contribution < 1.29 is 9.59 Å². The molecule has 3 nitrogen and oxygen atoms in total. The van der Waals surface area contributed by atoms with Gasteiger partial charge in [-0.1, -0.05) is 66.7 Å². The summed E-state index contributed by atoms with van der Waals surface area (Å²) in [6, 6.07) is 24.3. The van der Waals surface area contributed by atoms with Crippen LogP contribution >= 0.6 is 0 Å². The molecule has 0 saturated carbocycles. The van der Waals surface area contributed by atoms with Crippen LogP contribution in [-0.4, -0.2) is 16.6 Å². The van der Waals surface area contributed by atoms with E-state index in [0.29, 0.717) is 22.3 Å². The molecule has 26 heavy (non-hydrogen) atoms. The Morgan fingerprint density at radius 3 is 1.50 bits per heavy atom. The first kappa shape index (κ1) is 16.0. The molecule has 3 heteroatoms. The minimum absolute atomic E-state index is 0.0641. The molecule has 0 spiro atoms. The summed E-state index contributed by atoms with van der Waals surface area (Å²) in [5.41, 5.74) is 4.47. The normalized spacial score (nSPS) is 12.2. The van der Waals surface area contributed by atoms with Gasteiger partial charge in [-0.05, 0) is 24.4 Å². The number of aryl methyl sites for hydroxylation is 1. The Morgan fingerprint density at radius 2 is 1.04 bits per heavy atom. The Balaban J connectivity index is 0.000000144. The van der Waals surface area contributed by atoms with Crippen LogP contribution in [0.25, 0.3) is 10.9 Å². The van der Waals surface area contributed by atoms with E-state index in [4.69, 9.17) is 0 Å². The standard InChI is InChI=1S/C14H8O2.C9H9N/c15-13-9-5-1-2-6-10(9)14(16)12-8-4-3-7-11(12)13;1-7-6-8-4-2-3-5-9(8)10-7/h1-8H;2-6,10H,1H3. The lowest BCUT2D eigenvalue weighted by Gasteiger charge is -2.16. The molecule has 5 rings (SSSR count). The molecule has 0 unspecified atom stereocenters. The highest BCUT2D eigenvalue weighted by atomic mass is 16.1. The molecule has 4 aromatic rings. The van der Waals surface area contributed by atoms with Gasteiger partial charge in [-0.25, -0.2) is 0 Å². The molecule has 1 heterocycles. The average Bonchev–Trinajstić information content (AvgIpc) is 3.07. The van der Waals surface area contributed by atoms with Crippen molar-refractivity contribution in [2.45, 2.75) is 6.92 Å². The molecule has 0 bridgehead atoms. The molecule has 1 aliphatic carbocycles. The van der Waals surface area contributed by atoms with Crippen molar-refractivity contribution in [1.29, 1.82) is 0 Å². The van der Waals surface area contributed by atoms with Gasteiger partial charge in [0, 0.05) is 33.5 Å². The Labute approximate surface area is 151 Å². The fourth-order valence-corrected chi connectivity index (χ4v) is 3.27. The monoisotopic (exact) mass is 339 g/mol. The van der Waals surface area contributed by atoms with Gasteiger partial charge < -0.3 is 4.98 Å². The zero-order valence-corrected chi connectivity index (χ0v) is 14.3. The van der Waals surface area contributed by atoms with Gasteiger partial charge in [0.25, 0.3) is 0 Å².